The lowest BCUT2D eigenvalue weighted by Crippen LogP contribution is -2.48. The summed E-state index contributed by atoms with van der Waals surface area (Å²) in [5.41, 5.74) is 0.748. The quantitative estimate of drug-likeness (QED) is 0.867. The average Bonchev–Trinajstić information content (AvgIpc) is 3.06. The summed E-state index contributed by atoms with van der Waals surface area (Å²) in [6.45, 7) is 0.415. The van der Waals surface area contributed by atoms with Crippen LogP contribution < -0.4 is 5.32 Å². The molecule has 21 heavy (non-hydrogen) atoms. The van der Waals surface area contributed by atoms with Gasteiger partial charge in [-0.2, -0.15) is 9.40 Å². The summed E-state index contributed by atoms with van der Waals surface area (Å²) < 4.78 is 26.6. The van der Waals surface area contributed by atoms with E-state index in [1.807, 2.05) is 0 Å². The number of carbonyl (C=O) groups excluding carboxylic acids is 1. The molecule has 0 saturated heterocycles. The summed E-state index contributed by atoms with van der Waals surface area (Å²) >= 11 is 0. The molecule has 0 radical (unpaired) electrons. The molecule has 1 atom stereocenters. The van der Waals surface area contributed by atoms with Crippen LogP contribution in [0.25, 0.3) is 0 Å². The van der Waals surface area contributed by atoms with Crippen LogP contribution >= 0.6 is 0 Å². The van der Waals surface area contributed by atoms with Gasteiger partial charge in [0, 0.05) is 18.8 Å². The fraction of sp³-hybridized carbons (Fsp3) is 0.692. The smallest absolute Gasteiger partial charge is 0.246 e. The zero-order valence-corrected chi connectivity index (χ0v) is 12.8. The minimum absolute atomic E-state index is 0.139. The van der Waals surface area contributed by atoms with Gasteiger partial charge in [-0.05, 0) is 18.9 Å². The topological polar surface area (TPSA) is 84.3 Å². The molecule has 1 aliphatic carbocycles. The predicted octanol–water partition coefficient (Wildman–Crippen LogP) is 0.258. The van der Waals surface area contributed by atoms with Gasteiger partial charge in [0.25, 0.3) is 0 Å². The second-order valence-electron chi connectivity index (χ2n) is 5.83. The summed E-state index contributed by atoms with van der Waals surface area (Å²) in [7, 11) is -3.33. The zero-order chi connectivity index (χ0) is 15.0. The molecular formula is C13H20N4O3S. The Morgan fingerprint density at radius 1 is 1.38 bits per heavy atom. The summed E-state index contributed by atoms with van der Waals surface area (Å²) in [5.74, 6) is -0.139. The molecule has 8 heteroatoms. The van der Waals surface area contributed by atoms with Crippen molar-refractivity contribution >= 4 is 15.9 Å². The number of amides is 1. The van der Waals surface area contributed by atoms with Crippen molar-refractivity contribution in [2.75, 3.05) is 12.8 Å². The standard InChI is InChI=1S/C13H20N4O3S/c1-21(19,20)16-8-11-6-7-14-17(11)12(9-16)13(18)15-10-4-2-3-5-10/h6-7,10,12H,2-5,8-9H2,1H3,(H,15,18). The molecule has 2 aliphatic rings. The zero-order valence-electron chi connectivity index (χ0n) is 12.0. The normalized spacial score (nSPS) is 24.0. The monoisotopic (exact) mass is 312 g/mol. The van der Waals surface area contributed by atoms with Gasteiger partial charge in [-0.15, -0.1) is 0 Å². The van der Waals surface area contributed by atoms with Crippen molar-refractivity contribution < 1.29 is 13.2 Å². The fourth-order valence-electron chi connectivity index (χ4n) is 3.08. The third-order valence-corrected chi connectivity index (χ3v) is 5.45. The molecule has 0 aromatic carbocycles. The van der Waals surface area contributed by atoms with Crippen LogP contribution in [0.1, 0.15) is 37.4 Å². The number of carbonyl (C=O) groups is 1. The van der Waals surface area contributed by atoms with Crippen LogP contribution in [0.5, 0.6) is 0 Å². The van der Waals surface area contributed by atoms with E-state index in [2.05, 4.69) is 10.4 Å². The molecule has 1 saturated carbocycles. The van der Waals surface area contributed by atoms with Gasteiger partial charge in [0.1, 0.15) is 6.04 Å². The van der Waals surface area contributed by atoms with Gasteiger partial charge in [-0.1, -0.05) is 12.8 Å². The Labute approximate surface area is 124 Å². The van der Waals surface area contributed by atoms with Crippen LogP contribution in [0.4, 0.5) is 0 Å². The second-order valence-corrected chi connectivity index (χ2v) is 7.81. The highest BCUT2D eigenvalue weighted by Gasteiger charge is 2.35. The molecule has 1 N–H and O–H groups in total. The highest BCUT2D eigenvalue weighted by molar-refractivity contribution is 7.88. The lowest BCUT2D eigenvalue weighted by atomic mass is 10.1. The van der Waals surface area contributed by atoms with Gasteiger partial charge >= 0.3 is 0 Å². The maximum Gasteiger partial charge on any atom is 0.246 e. The molecule has 1 aliphatic heterocycles. The average molecular weight is 312 g/mol. The van der Waals surface area contributed by atoms with E-state index in [9.17, 15) is 13.2 Å². The van der Waals surface area contributed by atoms with Gasteiger partial charge in [-0.3, -0.25) is 9.48 Å². The number of nitrogens with zero attached hydrogens (tertiary/aromatic N) is 3. The Morgan fingerprint density at radius 2 is 2.10 bits per heavy atom. The third kappa shape index (κ3) is 2.96. The van der Waals surface area contributed by atoms with E-state index in [1.165, 1.54) is 10.6 Å². The maximum atomic E-state index is 12.5. The van der Waals surface area contributed by atoms with Crippen LogP contribution in [0.15, 0.2) is 12.3 Å². The molecule has 1 aromatic rings. The van der Waals surface area contributed by atoms with Crippen LogP contribution in [0.2, 0.25) is 0 Å². The van der Waals surface area contributed by atoms with E-state index in [-0.39, 0.29) is 25.0 Å². The van der Waals surface area contributed by atoms with E-state index in [0.29, 0.717) is 0 Å². The van der Waals surface area contributed by atoms with Crippen molar-refractivity contribution in [1.29, 1.82) is 0 Å². The van der Waals surface area contributed by atoms with E-state index in [0.717, 1.165) is 31.4 Å². The molecule has 1 fully saturated rings. The van der Waals surface area contributed by atoms with Crippen LogP contribution in [0.3, 0.4) is 0 Å². The van der Waals surface area contributed by atoms with Crippen molar-refractivity contribution in [2.45, 2.75) is 44.3 Å². The minimum Gasteiger partial charge on any atom is -0.351 e. The van der Waals surface area contributed by atoms with Crippen LogP contribution in [-0.2, 0) is 21.4 Å². The molecule has 1 unspecified atom stereocenters. The molecule has 3 rings (SSSR count). The van der Waals surface area contributed by atoms with Crippen molar-refractivity contribution in [2.24, 2.45) is 0 Å². The third-order valence-electron chi connectivity index (χ3n) is 4.24. The van der Waals surface area contributed by atoms with Gasteiger partial charge in [0.2, 0.25) is 15.9 Å². The molecule has 2 heterocycles. The van der Waals surface area contributed by atoms with E-state index in [1.54, 1.807) is 16.9 Å². The molecule has 0 bridgehead atoms. The largest absolute Gasteiger partial charge is 0.351 e. The Hall–Kier alpha value is -1.41. The maximum absolute atomic E-state index is 12.5. The van der Waals surface area contributed by atoms with E-state index < -0.39 is 16.1 Å². The summed E-state index contributed by atoms with van der Waals surface area (Å²) in [6, 6.07) is 1.39. The number of hydrogen-bond acceptors (Lipinski definition) is 4. The Balaban J connectivity index is 1.81. The minimum atomic E-state index is -3.33. The molecular weight excluding hydrogens is 292 g/mol. The van der Waals surface area contributed by atoms with Crippen molar-refractivity contribution in [1.82, 2.24) is 19.4 Å². The number of sulfonamides is 1. The lowest BCUT2D eigenvalue weighted by Gasteiger charge is -2.32. The first-order valence-electron chi connectivity index (χ1n) is 7.23. The van der Waals surface area contributed by atoms with Crippen LogP contribution in [0, 0.1) is 0 Å². The first kappa shape index (κ1) is 14.5. The van der Waals surface area contributed by atoms with Crippen molar-refractivity contribution in [3.05, 3.63) is 18.0 Å². The number of fused-ring (bicyclic) bond motifs is 1. The van der Waals surface area contributed by atoms with Gasteiger partial charge in [0.05, 0.1) is 18.5 Å². The summed E-state index contributed by atoms with van der Waals surface area (Å²) in [6.07, 6.45) is 7.05. The van der Waals surface area contributed by atoms with Crippen LogP contribution in [-0.4, -0.2) is 47.3 Å². The summed E-state index contributed by atoms with van der Waals surface area (Å²) in [4.78, 5) is 12.5. The Kier molecular flexibility index (Phi) is 3.75. The Bertz CT molecular complexity index is 634. The molecule has 1 aromatic heterocycles. The number of rotatable bonds is 3. The second kappa shape index (κ2) is 5.42. The van der Waals surface area contributed by atoms with Gasteiger partial charge in [-0.25, -0.2) is 8.42 Å². The molecule has 7 nitrogen and oxygen atoms in total. The SMILES string of the molecule is CS(=O)(=O)N1Cc2ccnn2C(C(=O)NC2CCCC2)C1. The molecule has 0 spiro atoms. The van der Waals surface area contributed by atoms with E-state index >= 15 is 0 Å². The fourth-order valence-corrected chi connectivity index (χ4v) is 3.86. The highest BCUT2D eigenvalue weighted by Crippen LogP contribution is 2.24. The predicted molar refractivity (Wildman–Crippen MR) is 76.9 cm³/mol. The number of aromatic nitrogens is 2. The highest BCUT2D eigenvalue weighted by atomic mass is 32.2. The van der Waals surface area contributed by atoms with Crippen molar-refractivity contribution in [3.63, 3.8) is 0 Å². The van der Waals surface area contributed by atoms with Gasteiger partial charge in [0.15, 0.2) is 0 Å². The lowest BCUT2D eigenvalue weighted by molar-refractivity contribution is -0.126. The molecule has 116 valence electrons. The van der Waals surface area contributed by atoms with Crippen molar-refractivity contribution in [3.8, 4) is 0 Å². The number of nitrogens with one attached hydrogen (secondary N) is 1. The first-order chi connectivity index (χ1) is 9.95. The molecule has 1 amide bonds. The first-order valence-corrected chi connectivity index (χ1v) is 9.08. The van der Waals surface area contributed by atoms with E-state index in [4.69, 9.17) is 0 Å². The number of hydrogen-bond donors (Lipinski definition) is 1. The Morgan fingerprint density at radius 3 is 2.76 bits per heavy atom. The van der Waals surface area contributed by atoms with Gasteiger partial charge < -0.3 is 5.32 Å². The summed E-state index contributed by atoms with van der Waals surface area (Å²) in [5, 5.41) is 7.21.